The molecule has 1 aromatic carbocycles. The second-order valence-electron chi connectivity index (χ2n) is 6.55. The third kappa shape index (κ3) is 6.58. The summed E-state index contributed by atoms with van der Waals surface area (Å²) in [7, 11) is 1.54. The topological polar surface area (TPSA) is 83.6 Å². The molecule has 0 radical (unpaired) electrons. The normalized spacial score (nSPS) is 10.8. The average molecular weight is 408 g/mol. The van der Waals surface area contributed by atoms with E-state index in [4.69, 9.17) is 4.74 Å². The summed E-state index contributed by atoms with van der Waals surface area (Å²) < 4.78 is 18.9. The van der Waals surface area contributed by atoms with Gasteiger partial charge in [0.1, 0.15) is 16.5 Å². The molecule has 2 rings (SSSR count). The molecule has 28 heavy (non-hydrogen) atoms. The molecule has 0 saturated heterocycles. The number of ether oxygens (including phenoxy) is 1. The number of anilines is 1. The highest BCUT2D eigenvalue weighted by Gasteiger charge is 2.18. The van der Waals surface area contributed by atoms with E-state index in [1.54, 1.807) is 17.5 Å². The van der Waals surface area contributed by atoms with Crippen molar-refractivity contribution in [2.24, 2.45) is 5.92 Å². The van der Waals surface area contributed by atoms with Crippen LogP contribution in [-0.4, -0.2) is 48.6 Å². The Morgan fingerprint density at radius 1 is 1.32 bits per heavy atom. The zero-order valence-electron chi connectivity index (χ0n) is 16.2. The molecule has 0 fully saturated rings. The van der Waals surface area contributed by atoms with Crippen molar-refractivity contribution in [1.29, 1.82) is 0 Å². The van der Waals surface area contributed by atoms with Crippen molar-refractivity contribution in [3.63, 3.8) is 0 Å². The van der Waals surface area contributed by atoms with Crippen LogP contribution in [0.15, 0.2) is 29.6 Å². The fraction of sp³-hybridized carbons (Fsp3) is 0.421. The Labute approximate surface area is 167 Å². The van der Waals surface area contributed by atoms with Gasteiger partial charge in [-0.2, -0.15) is 0 Å². The molecule has 2 aromatic rings. The van der Waals surface area contributed by atoms with Crippen LogP contribution in [0.4, 0.5) is 14.9 Å². The number of nitrogens with zero attached hydrogens (tertiary/aromatic N) is 2. The van der Waals surface area contributed by atoms with Crippen LogP contribution in [0, 0.1) is 11.7 Å². The Morgan fingerprint density at radius 2 is 2.07 bits per heavy atom. The van der Waals surface area contributed by atoms with E-state index in [0.717, 1.165) is 0 Å². The van der Waals surface area contributed by atoms with Crippen LogP contribution in [0.3, 0.4) is 0 Å². The smallest absolute Gasteiger partial charge is 0.322 e. The molecule has 1 heterocycles. The Kier molecular flexibility index (Phi) is 8.34. The van der Waals surface area contributed by atoms with E-state index in [-0.39, 0.29) is 18.1 Å². The van der Waals surface area contributed by atoms with Gasteiger partial charge in [-0.05, 0) is 18.1 Å². The van der Waals surface area contributed by atoms with E-state index in [1.165, 1.54) is 35.5 Å². The number of carbonyl (C=O) groups is 2. The molecule has 7 nitrogen and oxygen atoms in total. The SMILES string of the molecule is COCCN(Cc1nc(C(=O)NCC(C)C)cs1)C(=O)Nc1ccccc1F. The van der Waals surface area contributed by atoms with Crippen molar-refractivity contribution in [3.05, 3.63) is 46.2 Å². The lowest BCUT2D eigenvalue weighted by Crippen LogP contribution is -2.37. The number of amides is 3. The van der Waals surface area contributed by atoms with Crippen LogP contribution >= 0.6 is 11.3 Å². The monoisotopic (exact) mass is 408 g/mol. The van der Waals surface area contributed by atoms with Gasteiger partial charge in [-0.25, -0.2) is 14.2 Å². The first-order chi connectivity index (χ1) is 13.4. The highest BCUT2D eigenvalue weighted by atomic mass is 32.1. The molecule has 0 atom stereocenters. The first-order valence-electron chi connectivity index (χ1n) is 8.92. The van der Waals surface area contributed by atoms with Gasteiger partial charge in [0.25, 0.3) is 5.91 Å². The molecule has 0 bridgehead atoms. The summed E-state index contributed by atoms with van der Waals surface area (Å²) >= 11 is 1.29. The van der Waals surface area contributed by atoms with Crippen LogP contribution in [0.1, 0.15) is 29.3 Å². The zero-order chi connectivity index (χ0) is 20.5. The highest BCUT2D eigenvalue weighted by molar-refractivity contribution is 7.09. The largest absolute Gasteiger partial charge is 0.383 e. The number of methoxy groups -OCH3 is 1. The Hall–Kier alpha value is -2.52. The van der Waals surface area contributed by atoms with Gasteiger partial charge in [0, 0.05) is 25.6 Å². The molecule has 1 aromatic heterocycles. The van der Waals surface area contributed by atoms with E-state index in [2.05, 4.69) is 15.6 Å². The summed E-state index contributed by atoms with van der Waals surface area (Å²) in [6.45, 7) is 5.38. The predicted octanol–water partition coefficient (Wildman–Crippen LogP) is 3.35. The number of benzene rings is 1. The molecule has 0 aliphatic rings. The third-order valence-corrected chi connectivity index (χ3v) is 4.58. The first kappa shape index (κ1) is 21.8. The standard InChI is InChI=1S/C19H25FN4O3S/c1-13(2)10-21-18(25)16-12-28-17(22-16)11-24(8-9-27-3)19(26)23-15-7-5-4-6-14(15)20/h4-7,12-13H,8-11H2,1-3H3,(H,21,25)(H,23,26). The first-order valence-corrected chi connectivity index (χ1v) is 9.80. The number of para-hydroxylation sites is 1. The molecule has 152 valence electrons. The Morgan fingerprint density at radius 3 is 2.75 bits per heavy atom. The van der Waals surface area contributed by atoms with Crippen molar-refractivity contribution in [2.75, 3.05) is 32.1 Å². The number of halogens is 1. The summed E-state index contributed by atoms with van der Waals surface area (Å²) in [6, 6.07) is 5.49. The number of urea groups is 1. The molecule has 2 N–H and O–H groups in total. The molecule has 0 aliphatic heterocycles. The summed E-state index contributed by atoms with van der Waals surface area (Å²) in [4.78, 5) is 30.5. The quantitative estimate of drug-likeness (QED) is 0.667. The zero-order valence-corrected chi connectivity index (χ0v) is 17.0. The fourth-order valence-corrected chi connectivity index (χ4v) is 3.04. The van der Waals surface area contributed by atoms with Gasteiger partial charge in [-0.1, -0.05) is 26.0 Å². The summed E-state index contributed by atoms with van der Waals surface area (Å²) in [5, 5.41) is 7.63. The van der Waals surface area contributed by atoms with Crippen molar-refractivity contribution in [1.82, 2.24) is 15.2 Å². The number of carbonyl (C=O) groups excluding carboxylic acids is 2. The summed E-state index contributed by atoms with van der Waals surface area (Å²) in [6.07, 6.45) is 0. The molecule has 0 unspecified atom stereocenters. The summed E-state index contributed by atoms with van der Waals surface area (Å²) in [5.74, 6) is -0.412. The van der Waals surface area contributed by atoms with Gasteiger partial charge in [0.05, 0.1) is 18.8 Å². The van der Waals surface area contributed by atoms with Crippen molar-refractivity contribution < 1.29 is 18.7 Å². The van der Waals surface area contributed by atoms with E-state index < -0.39 is 11.8 Å². The van der Waals surface area contributed by atoms with Crippen LogP contribution in [0.2, 0.25) is 0 Å². The molecule has 0 aliphatic carbocycles. The van der Waals surface area contributed by atoms with E-state index in [1.807, 2.05) is 13.8 Å². The van der Waals surface area contributed by atoms with Gasteiger partial charge >= 0.3 is 6.03 Å². The minimum absolute atomic E-state index is 0.0998. The maximum absolute atomic E-state index is 13.8. The lowest BCUT2D eigenvalue weighted by Gasteiger charge is -2.22. The molecular weight excluding hydrogens is 383 g/mol. The third-order valence-electron chi connectivity index (χ3n) is 3.75. The second-order valence-corrected chi connectivity index (χ2v) is 7.50. The number of hydrogen-bond donors (Lipinski definition) is 2. The second kappa shape index (κ2) is 10.7. The maximum atomic E-state index is 13.8. The molecule has 9 heteroatoms. The Balaban J connectivity index is 2.04. The average Bonchev–Trinajstić information content (AvgIpc) is 3.13. The highest BCUT2D eigenvalue weighted by Crippen LogP contribution is 2.16. The van der Waals surface area contributed by atoms with Crippen molar-refractivity contribution >= 4 is 29.0 Å². The Bertz CT molecular complexity index is 797. The van der Waals surface area contributed by atoms with Gasteiger partial charge in [0.15, 0.2) is 0 Å². The predicted molar refractivity (Wildman–Crippen MR) is 107 cm³/mol. The van der Waals surface area contributed by atoms with Crippen LogP contribution in [-0.2, 0) is 11.3 Å². The minimum Gasteiger partial charge on any atom is -0.383 e. The van der Waals surface area contributed by atoms with Gasteiger partial charge in [-0.15, -0.1) is 11.3 Å². The maximum Gasteiger partial charge on any atom is 0.322 e. The number of hydrogen-bond acceptors (Lipinski definition) is 5. The molecule has 0 spiro atoms. The van der Waals surface area contributed by atoms with E-state index in [0.29, 0.717) is 36.3 Å². The molecular formula is C19H25FN4O3S. The molecule has 0 saturated carbocycles. The minimum atomic E-state index is -0.513. The van der Waals surface area contributed by atoms with Crippen LogP contribution in [0.25, 0.3) is 0 Å². The van der Waals surface area contributed by atoms with Crippen LogP contribution < -0.4 is 10.6 Å². The van der Waals surface area contributed by atoms with Gasteiger partial charge in [-0.3, -0.25) is 4.79 Å². The lowest BCUT2D eigenvalue weighted by atomic mass is 10.2. The number of nitrogens with one attached hydrogen (secondary N) is 2. The van der Waals surface area contributed by atoms with E-state index in [9.17, 15) is 14.0 Å². The number of aromatic nitrogens is 1. The summed E-state index contributed by atoms with van der Waals surface area (Å²) in [5.41, 5.74) is 0.421. The van der Waals surface area contributed by atoms with Crippen molar-refractivity contribution in [3.8, 4) is 0 Å². The van der Waals surface area contributed by atoms with Gasteiger partial charge in [0.2, 0.25) is 0 Å². The fourth-order valence-electron chi connectivity index (χ4n) is 2.25. The van der Waals surface area contributed by atoms with Gasteiger partial charge < -0.3 is 20.3 Å². The van der Waals surface area contributed by atoms with Crippen molar-refractivity contribution in [2.45, 2.75) is 20.4 Å². The molecule has 3 amide bonds. The number of thiazole rings is 1. The number of rotatable bonds is 9. The van der Waals surface area contributed by atoms with E-state index >= 15 is 0 Å². The van der Waals surface area contributed by atoms with Crippen LogP contribution in [0.5, 0.6) is 0 Å². The lowest BCUT2D eigenvalue weighted by molar-refractivity contribution is 0.0944.